The summed E-state index contributed by atoms with van der Waals surface area (Å²) in [6.45, 7) is 0.431. The maximum Gasteiger partial charge on any atom is 0.242 e. The highest BCUT2D eigenvalue weighted by Crippen LogP contribution is 2.33. The number of rotatable bonds is 9. The summed E-state index contributed by atoms with van der Waals surface area (Å²) in [6, 6.07) is 13.0. The van der Waals surface area contributed by atoms with E-state index in [1.165, 1.54) is 11.8 Å². The largest absolute Gasteiger partial charge is 0.497 e. The van der Waals surface area contributed by atoms with E-state index >= 15 is 0 Å². The Morgan fingerprint density at radius 2 is 1.78 bits per heavy atom. The number of aliphatic imine (C=N–C) groups is 1. The molecule has 0 unspecified atom stereocenters. The van der Waals surface area contributed by atoms with Crippen molar-refractivity contribution < 1.29 is 23.8 Å². The third kappa shape index (κ3) is 5.53. The fourth-order valence-corrected chi connectivity index (χ4v) is 4.43. The molecule has 3 rings (SSSR count). The maximum absolute atomic E-state index is 13.1. The second-order valence-electron chi connectivity index (χ2n) is 7.01. The lowest BCUT2D eigenvalue weighted by molar-refractivity contribution is -0.129. The van der Waals surface area contributed by atoms with E-state index < -0.39 is 5.25 Å². The zero-order valence-electron chi connectivity index (χ0n) is 18.6. The first-order chi connectivity index (χ1) is 15.5. The van der Waals surface area contributed by atoms with E-state index in [1.807, 2.05) is 42.5 Å². The van der Waals surface area contributed by atoms with Crippen molar-refractivity contribution in [2.24, 2.45) is 4.99 Å². The molecule has 2 amide bonds. The number of nitrogens with zero attached hydrogens (tertiary/aromatic N) is 2. The van der Waals surface area contributed by atoms with Gasteiger partial charge in [-0.05, 0) is 48.4 Å². The van der Waals surface area contributed by atoms with Gasteiger partial charge in [0.15, 0.2) is 16.7 Å². The first kappa shape index (κ1) is 23.5. The molecule has 1 N–H and O–H groups in total. The van der Waals surface area contributed by atoms with Crippen LogP contribution in [0.4, 0.5) is 5.69 Å². The third-order valence-corrected chi connectivity index (χ3v) is 6.21. The maximum atomic E-state index is 13.1. The quantitative estimate of drug-likeness (QED) is 0.623. The number of hydrogen-bond acceptors (Lipinski definition) is 7. The number of thioether (sulfide) groups is 1. The minimum Gasteiger partial charge on any atom is -0.497 e. The van der Waals surface area contributed by atoms with Gasteiger partial charge in [0.05, 0.1) is 27.0 Å². The Bertz CT molecular complexity index is 994. The second kappa shape index (κ2) is 10.9. The average molecular weight is 458 g/mol. The van der Waals surface area contributed by atoms with E-state index in [0.717, 1.165) is 11.3 Å². The molecule has 0 radical (unpaired) electrons. The normalized spacial score (nSPS) is 16.9. The molecular weight excluding hydrogens is 430 g/mol. The first-order valence-corrected chi connectivity index (χ1v) is 11.0. The van der Waals surface area contributed by atoms with Crippen LogP contribution < -0.4 is 19.5 Å². The van der Waals surface area contributed by atoms with E-state index in [4.69, 9.17) is 14.2 Å². The number of carbonyl (C=O) groups excluding carboxylic acids is 2. The van der Waals surface area contributed by atoms with Crippen LogP contribution in [0.15, 0.2) is 47.5 Å². The molecule has 0 spiro atoms. The summed E-state index contributed by atoms with van der Waals surface area (Å²) < 4.78 is 15.9. The molecule has 1 atom stereocenters. The monoisotopic (exact) mass is 457 g/mol. The van der Waals surface area contributed by atoms with Crippen LogP contribution in [0.1, 0.15) is 12.0 Å². The zero-order chi connectivity index (χ0) is 23.1. The number of nitrogens with one attached hydrogen (secondary N) is 1. The van der Waals surface area contributed by atoms with Crippen LogP contribution in [0.2, 0.25) is 0 Å². The predicted octanol–water partition coefficient (Wildman–Crippen LogP) is 3.02. The Morgan fingerprint density at radius 3 is 2.41 bits per heavy atom. The van der Waals surface area contributed by atoms with E-state index in [9.17, 15) is 9.59 Å². The van der Waals surface area contributed by atoms with Crippen LogP contribution in [0.25, 0.3) is 0 Å². The van der Waals surface area contributed by atoms with E-state index in [1.54, 1.807) is 33.3 Å². The topological polar surface area (TPSA) is 89.5 Å². The minimum absolute atomic E-state index is 0.106. The number of amides is 2. The fourth-order valence-electron chi connectivity index (χ4n) is 3.25. The van der Waals surface area contributed by atoms with Crippen LogP contribution in [0.3, 0.4) is 0 Å². The Balaban J connectivity index is 1.82. The second-order valence-corrected chi connectivity index (χ2v) is 8.18. The van der Waals surface area contributed by atoms with Gasteiger partial charge >= 0.3 is 0 Å². The van der Waals surface area contributed by atoms with Crippen LogP contribution >= 0.6 is 11.8 Å². The molecule has 2 aromatic carbocycles. The van der Waals surface area contributed by atoms with Crippen molar-refractivity contribution in [3.8, 4) is 17.2 Å². The molecule has 2 aromatic rings. The summed E-state index contributed by atoms with van der Waals surface area (Å²) in [4.78, 5) is 31.3. The smallest absolute Gasteiger partial charge is 0.242 e. The first-order valence-electron chi connectivity index (χ1n) is 10.1. The molecule has 9 heteroatoms. The van der Waals surface area contributed by atoms with Crippen LogP contribution in [-0.4, -0.2) is 62.1 Å². The number of benzene rings is 2. The Kier molecular flexibility index (Phi) is 7.99. The van der Waals surface area contributed by atoms with Gasteiger partial charge in [0.1, 0.15) is 11.0 Å². The van der Waals surface area contributed by atoms with Gasteiger partial charge in [0.25, 0.3) is 0 Å². The Hall–Kier alpha value is -3.20. The standard InChI is InChI=1S/C23H27N3O5S/c1-24-21(27)14-20-22(28)26(12-11-15-5-10-18(30-3)19(13-15)31-4)23(32-20)25-16-6-8-17(29-2)9-7-16/h5-10,13,20H,11-12,14H2,1-4H3,(H,24,27)/t20-/m1/s1. The van der Waals surface area contributed by atoms with Crippen molar-refractivity contribution in [3.05, 3.63) is 48.0 Å². The Morgan fingerprint density at radius 1 is 1.06 bits per heavy atom. The molecular formula is C23H27N3O5S. The van der Waals surface area contributed by atoms with Crippen molar-refractivity contribution >= 4 is 34.4 Å². The molecule has 1 saturated heterocycles. The minimum atomic E-state index is -0.502. The van der Waals surface area contributed by atoms with Gasteiger partial charge in [-0.25, -0.2) is 4.99 Å². The molecule has 170 valence electrons. The highest BCUT2D eigenvalue weighted by Gasteiger charge is 2.38. The highest BCUT2D eigenvalue weighted by molar-refractivity contribution is 8.15. The molecule has 1 fully saturated rings. The molecule has 0 saturated carbocycles. The van der Waals surface area contributed by atoms with Crippen LogP contribution in [0.5, 0.6) is 17.2 Å². The van der Waals surface area contributed by atoms with Gasteiger partial charge in [0.2, 0.25) is 11.8 Å². The van der Waals surface area contributed by atoms with Crippen molar-refractivity contribution in [1.29, 1.82) is 0 Å². The number of amidine groups is 1. The lowest BCUT2D eigenvalue weighted by Gasteiger charge is -2.17. The van der Waals surface area contributed by atoms with Gasteiger partial charge in [-0.1, -0.05) is 17.8 Å². The zero-order valence-corrected chi connectivity index (χ0v) is 19.4. The highest BCUT2D eigenvalue weighted by atomic mass is 32.2. The van der Waals surface area contributed by atoms with Crippen molar-refractivity contribution in [3.63, 3.8) is 0 Å². The third-order valence-electron chi connectivity index (χ3n) is 5.04. The summed E-state index contributed by atoms with van der Waals surface area (Å²) in [7, 11) is 6.34. The van der Waals surface area contributed by atoms with Gasteiger partial charge < -0.3 is 19.5 Å². The van der Waals surface area contributed by atoms with Gasteiger partial charge in [0, 0.05) is 20.0 Å². The summed E-state index contributed by atoms with van der Waals surface area (Å²) in [5.41, 5.74) is 1.71. The fraction of sp³-hybridized carbons (Fsp3) is 0.348. The number of ether oxygens (including phenoxy) is 3. The van der Waals surface area contributed by atoms with Gasteiger partial charge in [-0.15, -0.1) is 0 Å². The Labute approximate surface area is 191 Å². The molecule has 1 aliphatic heterocycles. The molecule has 0 aromatic heterocycles. The summed E-state index contributed by atoms with van der Waals surface area (Å²) in [5, 5.41) is 2.66. The molecule has 1 aliphatic rings. The molecule has 0 bridgehead atoms. The summed E-state index contributed by atoms with van der Waals surface area (Å²) in [6.07, 6.45) is 0.704. The number of methoxy groups -OCH3 is 3. The van der Waals surface area contributed by atoms with Crippen molar-refractivity contribution in [1.82, 2.24) is 10.2 Å². The lowest BCUT2D eigenvalue weighted by atomic mass is 10.1. The number of carbonyl (C=O) groups is 2. The SMILES string of the molecule is CNC(=O)C[C@H]1SC(=Nc2ccc(OC)cc2)N(CCc2ccc(OC)c(OC)c2)C1=O. The van der Waals surface area contributed by atoms with Crippen LogP contribution in [0, 0.1) is 0 Å². The van der Waals surface area contributed by atoms with Crippen LogP contribution in [-0.2, 0) is 16.0 Å². The van der Waals surface area contributed by atoms with E-state index in [-0.39, 0.29) is 18.2 Å². The van der Waals surface area contributed by atoms with E-state index in [0.29, 0.717) is 35.3 Å². The summed E-state index contributed by atoms with van der Waals surface area (Å²) in [5.74, 6) is 1.72. The van der Waals surface area contributed by atoms with Crippen molar-refractivity contribution in [2.45, 2.75) is 18.1 Å². The summed E-state index contributed by atoms with van der Waals surface area (Å²) >= 11 is 1.31. The predicted molar refractivity (Wildman–Crippen MR) is 125 cm³/mol. The lowest BCUT2D eigenvalue weighted by Crippen LogP contribution is -2.35. The van der Waals surface area contributed by atoms with Gasteiger partial charge in [-0.3, -0.25) is 14.5 Å². The number of hydrogen-bond donors (Lipinski definition) is 1. The molecule has 1 heterocycles. The average Bonchev–Trinajstić information content (AvgIpc) is 3.11. The van der Waals surface area contributed by atoms with E-state index in [2.05, 4.69) is 10.3 Å². The van der Waals surface area contributed by atoms with Gasteiger partial charge in [-0.2, -0.15) is 0 Å². The molecule has 32 heavy (non-hydrogen) atoms. The molecule has 8 nitrogen and oxygen atoms in total. The van der Waals surface area contributed by atoms with Crippen molar-refractivity contribution in [2.75, 3.05) is 34.9 Å². The molecule has 0 aliphatic carbocycles.